The largest absolute Gasteiger partial charge is 0.490 e. The Hall–Kier alpha value is -3.64. The molecule has 2 heterocycles. The standard InChI is InChI=1S/C28H26N2O3S/c1-28(2,3)20-12-14-21(15-13-20)32-16-17-33-24-11-7-4-8-19(24)18-25-26(31)30-23-10-6-5-9-22(23)29-27(30)34-25/h4-15,18H,16-17H2,1-3H3/b25-18-. The minimum Gasteiger partial charge on any atom is -0.490 e. The highest BCUT2D eigenvalue weighted by Gasteiger charge is 2.13. The SMILES string of the molecule is CC(C)(C)c1ccc(OCCOc2ccccc2/C=c2\sc3nc4ccccc4n3c2=O)cc1. The van der Waals surface area contributed by atoms with Crippen molar-refractivity contribution >= 4 is 33.4 Å². The maximum atomic E-state index is 13.1. The first kappa shape index (κ1) is 22.2. The smallest absolute Gasteiger partial charge is 0.274 e. The van der Waals surface area contributed by atoms with Crippen molar-refractivity contribution in [1.82, 2.24) is 9.38 Å². The number of hydrogen-bond donors (Lipinski definition) is 0. The van der Waals surface area contributed by atoms with Crippen LogP contribution in [0.4, 0.5) is 0 Å². The number of nitrogens with zero attached hydrogens (tertiary/aromatic N) is 2. The number of imidazole rings is 1. The van der Waals surface area contributed by atoms with Crippen LogP contribution >= 0.6 is 11.3 Å². The van der Waals surface area contributed by atoms with E-state index in [1.54, 1.807) is 4.40 Å². The van der Waals surface area contributed by atoms with Gasteiger partial charge in [0.2, 0.25) is 0 Å². The third-order valence-electron chi connectivity index (χ3n) is 5.68. The minimum absolute atomic E-state index is 0.0643. The summed E-state index contributed by atoms with van der Waals surface area (Å²) in [5.41, 5.74) is 3.83. The number of benzene rings is 3. The molecule has 0 aliphatic carbocycles. The van der Waals surface area contributed by atoms with Crippen LogP contribution < -0.4 is 19.6 Å². The molecule has 6 heteroatoms. The summed E-state index contributed by atoms with van der Waals surface area (Å²) in [6, 6.07) is 23.6. The van der Waals surface area contributed by atoms with Gasteiger partial charge in [-0.1, -0.05) is 74.6 Å². The number of aromatic nitrogens is 2. The van der Waals surface area contributed by atoms with E-state index in [2.05, 4.69) is 37.9 Å². The molecule has 0 aliphatic heterocycles. The summed E-state index contributed by atoms with van der Waals surface area (Å²) in [4.78, 5) is 18.3. The lowest BCUT2D eigenvalue weighted by Gasteiger charge is -2.19. The van der Waals surface area contributed by atoms with Gasteiger partial charge in [-0.05, 0) is 47.4 Å². The van der Waals surface area contributed by atoms with E-state index < -0.39 is 0 Å². The Morgan fingerprint density at radius 3 is 2.41 bits per heavy atom. The van der Waals surface area contributed by atoms with Gasteiger partial charge in [0.05, 0.1) is 15.6 Å². The molecule has 5 rings (SSSR count). The first-order valence-corrected chi connectivity index (χ1v) is 12.1. The van der Waals surface area contributed by atoms with Crippen molar-refractivity contribution in [3.8, 4) is 11.5 Å². The van der Waals surface area contributed by atoms with Gasteiger partial charge in [-0.15, -0.1) is 0 Å². The molecule has 0 amide bonds. The molecule has 3 aromatic carbocycles. The zero-order valence-corrected chi connectivity index (χ0v) is 20.3. The highest BCUT2D eigenvalue weighted by atomic mass is 32.1. The monoisotopic (exact) mass is 470 g/mol. The Bertz CT molecular complexity index is 1560. The Balaban J connectivity index is 1.31. The van der Waals surface area contributed by atoms with Crippen LogP contribution in [0.25, 0.3) is 22.1 Å². The van der Waals surface area contributed by atoms with Crippen LogP contribution in [0.1, 0.15) is 31.9 Å². The maximum Gasteiger partial charge on any atom is 0.274 e. The van der Waals surface area contributed by atoms with Gasteiger partial charge < -0.3 is 9.47 Å². The Morgan fingerprint density at radius 2 is 1.62 bits per heavy atom. The number of fused-ring (bicyclic) bond motifs is 3. The van der Waals surface area contributed by atoms with Gasteiger partial charge in [0.1, 0.15) is 24.7 Å². The summed E-state index contributed by atoms with van der Waals surface area (Å²) in [5, 5.41) is 0. The van der Waals surface area contributed by atoms with Crippen LogP contribution in [0.15, 0.2) is 77.6 Å². The van der Waals surface area contributed by atoms with E-state index in [-0.39, 0.29) is 11.0 Å². The summed E-state index contributed by atoms with van der Waals surface area (Å²) in [5.74, 6) is 1.53. The van der Waals surface area contributed by atoms with Crippen molar-refractivity contribution in [2.75, 3.05) is 13.2 Å². The molecule has 5 aromatic rings. The molecule has 0 fully saturated rings. The van der Waals surface area contributed by atoms with Crippen LogP contribution in [0.2, 0.25) is 0 Å². The van der Waals surface area contributed by atoms with Gasteiger partial charge >= 0.3 is 0 Å². The lowest BCUT2D eigenvalue weighted by Crippen LogP contribution is -2.22. The molecule has 0 spiro atoms. The normalized spacial score (nSPS) is 12.5. The molecule has 0 saturated heterocycles. The molecule has 0 saturated carbocycles. The zero-order valence-electron chi connectivity index (χ0n) is 19.4. The van der Waals surface area contributed by atoms with Crippen LogP contribution in [0.3, 0.4) is 0 Å². The van der Waals surface area contributed by atoms with Crippen LogP contribution in [-0.2, 0) is 5.41 Å². The van der Waals surface area contributed by atoms with Gasteiger partial charge in [0.15, 0.2) is 4.96 Å². The number of para-hydroxylation sites is 3. The average Bonchev–Trinajstić information content (AvgIpc) is 3.33. The second kappa shape index (κ2) is 8.95. The molecule has 0 unspecified atom stereocenters. The van der Waals surface area contributed by atoms with Crippen molar-refractivity contribution in [3.05, 3.63) is 98.8 Å². The fourth-order valence-electron chi connectivity index (χ4n) is 3.85. The molecule has 2 aromatic heterocycles. The second-order valence-corrected chi connectivity index (χ2v) is 10.2. The van der Waals surface area contributed by atoms with Crippen molar-refractivity contribution in [2.45, 2.75) is 26.2 Å². The van der Waals surface area contributed by atoms with Crippen LogP contribution in [-0.4, -0.2) is 22.6 Å². The van der Waals surface area contributed by atoms with E-state index in [0.717, 1.165) is 22.3 Å². The van der Waals surface area contributed by atoms with Gasteiger partial charge in [-0.3, -0.25) is 4.79 Å². The molecule has 0 radical (unpaired) electrons. The molecular formula is C28H26N2O3S. The summed E-state index contributed by atoms with van der Waals surface area (Å²) < 4.78 is 14.1. The van der Waals surface area contributed by atoms with E-state index in [1.165, 1.54) is 16.9 Å². The van der Waals surface area contributed by atoms with Crippen molar-refractivity contribution in [3.63, 3.8) is 0 Å². The third-order valence-corrected chi connectivity index (χ3v) is 6.65. The number of thiazole rings is 1. The molecule has 172 valence electrons. The molecule has 0 bridgehead atoms. The van der Waals surface area contributed by atoms with Crippen molar-refractivity contribution in [1.29, 1.82) is 0 Å². The summed E-state index contributed by atoms with van der Waals surface area (Å²) in [7, 11) is 0. The maximum absolute atomic E-state index is 13.1. The predicted octanol–water partition coefficient (Wildman–Crippen LogP) is 5.21. The van der Waals surface area contributed by atoms with E-state index in [9.17, 15) is 4.79 Å². The lowest BCUT2D eigenvalue weighted by atomic mass is 9.87. The quantitative estimate of drug-likeness (QED) is 0.320. The number of rotatable bonds is 6. The van der Waals surface area contributed by atoms with Gasteiger partial charge in [0.25, 0.3) is 5.56 Å². The average molecular weight is 471 g/mol. The fourth-order valence-corrected chi connectivity index (χ4v) is 4.82. The predicted molar refractivity (Wildman–Crippen MR) is 138 cm³/mol. The minimum atomic E-state index is -0.0643. The summed E-state index contributed by atoms with van der Waals surface area (Å²) >= 11 is 1.39. The first-order valence-electron chi connectivity index (χ1n) is 11.3. The summed E-state index contributed by atoms with van der Waals surface area (Å²) in [6.07, 6.45) is 1.87. The zero-order chi connectivity index (χ0) is 23.7. The fraction of sp³-hybridized carbons (Fsp3) is 0.214. The number of ether oxygens (including phenoxy) is 2. The molecular weight excluding hydrogens is 444 g/mol. The van der Waals surface area contributed by atoms with E-state index in [4.69, 9.17) is 9.47 Å². The number of hydrogen-bond acceptors (Lipinski definition) is 5. The van der Waals surface area contributed by atoms with Gasteiger partial charge in [-0.2, -0.15) is 0 Å². The van der Waals surface area contributed by atoms with Crippen LogP contribution in [0, 0.1) is 0 Å². The summed E-state index contributed by atoms with van der Waals surface area (Å²) in [6.45, 7) is 7.40. The van der Waals surface area contributed by atoms with Gasteiger partial charge in [-0.25, -0.2) is 9.38 Å². The van der Waals surface area contributed by atoms with Gasteiger partial charge in [0, 0.05) is 5.56 Å². The Labute approximate surface area is 201 Å². The van der Waals surface area contributed by atoms with E-state index in [1.807, 2.05) is 66.7 Å². The van der Waals surface area contributed by atoms with Crippen molar-refractivity contribution in [2.24, 2.45) is 0 Å². The van der Waals surface area contributed by atoms with E-state index >= 15 is 0 Å². The van der Waals surface area contributed by atoms with Crippen LogP contribution in [0.5, 0.6) is 11.5 Å². The molecule has 0 atom stereocenters. The highest BCUT2D eigenvalue weighted by molar-refractivity contribution is 7.15. The molecule has 5 nitrogen and oxygen atoms in total. The topological polar surface area (TPSA) is 52.8 Å². The lowest BCUT2D eigenvalue weighted by molar-refractivity contribution is 0.217. The Morgan fingerprint density at radius 1 is 0.912 bits per heavy atom. The molecule has 0 N–H and O–H groups in total. The Kier molecular flexibility index (Phi) is 5.84. The molecule has 0 aliphatic rings. The first-order chi connectivity index (χ1) is 16.4. The molecule has 34 heavy (non-hydrogen) atoms. The second-order valence-electron chi connectivity index (χ2n) is 9.14. The van der Waals surface area contributed by atoms with E-state index in [0.29, 0.717) is 28.5 Å². The highest BCUT2D eigenvalue weighted by Crippen LogP contribution is 2.24. The third kappa shape index (κ3) is 4.41. The van der Waals surface area contributed by atoms with Crippen molar-refractivity contribution < 1.29 is 9.47 Å².